The van der Waals surface area contributed by atoms with Gasteiger partial charge in [-0.15, -0.1) is 22.7 Å². The summed E-state index contributed by atoms with van der Waals surface area (Å²) in [5, 5.41) is 11.8. The molecule has 450 valence electrons. The van der Waals surface area contributed by atoms with E-state index in [1.54, 1.807) is 32.5 Å². The molecule has 6 rings (SSSR count). The van der Waals surface area contributed by atoms with Crippen molar-refractivity contribution in [3.05, 3.63) is 82.1 Å². The monoisotopic (exact) mass is 1170 g/mol. The van der Waals surface area contributed by atoms with Gasteiger partial charge in [0.2, 0.25) is 35.4 Å². The Labute approximate surface area is 492 Å². The number of carbonyl (C=O) groups excluding carboxylic acids is 6. The number of carbonyl (C=O) groups is 6. The van der Waals surface area contributed by atoms with Crippen molar-refractivity contribution in [1.82, 2.24) is 41.0 Å². The number of nitrogens with one attached hydrogen (secondary N) is 4. The number of rotatable bonds is 33. The number of aromatic nitrogens is 2. The molecular weight excluding hydrogens is 1080 g/mol. The molecule has 2 aromatic heterocycles. The summed E-state index contributed by atoms with van der Waals surface area (Å²) in [5.74, 6) is -2.05. The molecule has 4 N–H and O–H groups in total. The molecule has 0 bridgehead atoms. The van der Waals surface area contributed by atoms with Crippen molar-refractivity contribution in [1.29, 1.82) is 0 Å². The zero-order valence-electron chi connectivity index (χ0n) is 49.4. The zero-order valence-corrected chi connectivity index (χ0v) is 51.1. The van der Waals surface area contributed by atoms with Gasteiger partial charge in [-0.05, 0) is 98.3 Å². The number of amides is 6. The third-order valence-electron chi connectivity index (χ3n) is 14.6. The first-order valence-electron chi connectivity index (χ1n) is 28.9. The summed E-state index contributed by atoms with van der Waals surface area (Å²) in [6.07, 6.45) is 5.59. The number of benzene rings is 2. The Morgan fingerprint density at radius 2 is 0.976 bits per heavy atom. The Morgan fingerprint density at radius 3 is 1.44 bits per heavy atom. The minimum absolute atomic E-state index is 0.134. The Hall–Kier alpha value is -5.68. The molecule has 4 atom stereocenters. The van der Waals surface area contributed by atoms with Gasteiger partial charge < -0.3 is 54.8 Å². The largest absolute Gasteiger partial charge is 0.381 e. The van der Waals surface area contributed by atoms with Crippen LogP contribution in [0.1, 0.15) is 115 Å². The molecule has 2 fully saturated rings. The van der Waals surface area contributed by atoms with E-state index in [0.29, 0.717) is 98.1 Å². The van der Waals surface area contributed by atoms with E-state index in [2.05, 4.69) is 31.2 Å². The average Bonchev–Trinajstić information content (AvgIpc) is 4.49. The second-order valence-electron chi connectivity index (χ2n) is 23.2. The van der Waals surface area contributed by atoms with Crippen LogP contribution in [-0.2, 0) is 65.5 Å². The summed E-state index contributed by atoms with van der Waals surface area (Å²) in [5.41, 5.74) is 8.67. The summed E-state index contributed by atoms with van der Waals surface area (Å²) in [6, 6.07) is 14.1. The number of aryl methyl sites for hydroxylation is 2. The number of thiazole rings is 2. The lowest BCUT2D eigenvalue weighted by Gasteiger charge is -2.35. The van der Waals surface area contributed by atoms with E-state index in [1.807, 2.05) is 115 Å². The van der Waals surface area contributed by atoms with Crippen LogP contribution >= 0.6 is 22.7 Å². The molecule has 2 aromatic carbocycles. The van der Waals surface area contributed by atoms with Crippen molar-refractivity contribution >= 4 is 58.1 Å². The second-order valence-corrected chi connectivity index (χ2v) is 24.9. The lowest BCUT2D eigenvalue weighted by atomic mass is 9.79. The number of ether oxygens (including phenoxy) is 5. The molecule has 0 saturated carbocycles. The van der Waals surface area contributed by atoms with E-state index in [4.69, 9.17) is 23.7 Å². The van der Waals surface area contributed by atoms with Gasteiger partial charge in [-0.25, -0.2) is 9.97 Å². The van der Waals surface area contributed by atoms with Crippen LogP contribution in [0.4, 0.5) is 0 Å². The highest BCUT2D eigenvalue weighted by atomic mass is 32.1. The summed E-state index contributed by atoms with van der Waals surface area (Å²) in [7, 11) is 0. The highest BCUT2D eigenvalue weighted by molar-refractivity contribution is 7.13. The lowest BCUT2D eigenvalue weighted by molar-refractivity contribution is -0.144. The van der Waals surface area contributed by atoms with Crippen LogP contribution < -0.4 is 21.3 Å². The Bertz CT molecular complexity index is 2650. The smallest absolute Gasteiger partial charge is 0.246 e. The summed E-state index contributed by atoms with van der Waals surface area (Å²) < 4.78 is 28.3. The number of nitrogens with zero attached hydrogens (tertiary/aromatic N) is 4. The minimum Gasteiger partial charge on any atom is -0.381 e. The zero-order chi connectivity index (χ0) is 59.1. The van der Waals surface area contributed by atoms with E-state index >= 15 is 0 Å². The van der Waals surface area contributed by atoms with Gasteiger partial charge in [-0.2, -0.15) is 0 Å². The predicted molar refractivity (Wildman–Crippen MR) is 318 cm³/mol. The van der Waals surface area contributed by atoms with E-state index in [1.165, 1.54) is 0 Å². The fraction of sp³-hybridized carbons (Fsp3) is 0.607. The minimum atomic E-state index is -0.832. The van der Waals surface area contributed by atoms with E-state index in [9.17, 15) is 28.8 Å². The van der Waals surface area contributed by atoms with Crippen LogP contribution in [0.3, 0.4) is 0 Å². The molecule has 0 aliphatic carbocycles. The molecule has 4 heterocycles. The van der Waals surface area contributed by atoms with Gasteiger partial charge in [0.15, 0.2) is 0 Å². The van der Waals surface area contributed by atoms with Crippen LogP contribution in [0, 0.1) is 30.6 Å². The number of hydrogen-bond donors (Lipinski definition) is 4. The SMILES string of the molecule is Cc1ncsc1-c1ccc(CNC(=O)[C@@H]2CCCN2C(=O)[C@@H](CNC(=O)COCCOCCCOCCCCOCCCOCC(=O)N[C@H](C(=O)N2CCC[C@H]2C(=O)NCc2ccc(-c3scnc3C)cc2)C(C)(C)C)C(C)(C)C)cc1. The molecule has 2 aliphatic rings. The van der Waals surface area contributed by atoms with Crippen molar-refractivity contribution in [2.24, 2.45) is 16.7 Å². The Morgan fingerprint density at radius 1 is 0.549 bits per heavy atom. The number of likely N-dealkylation sites (tertiary alicyclic amines) is 2. The van der Waals surface area contributed by atoms with Crippen molar-refractivity contribution in [3.8, 4) is 20.9 Å². The molecule has 6 amide bonds. The molecule has 2 saturated heterocycles. The quantitative estimate of drug-likeness (QED) is 0.0341. The fourth-order valence-corrected chi connectivity index (χ4v) is 11.5. The predicted octanol–water partition coefficient (Wildman–Crippen LogP) is 7.42. The molecule has 0 spiro atoms. The Kier molecular flexibility index (Phi) is 26.3. The lowest BCUT2D eigenvalue weighted by Crippen LogP contribution is -2.58. The van der Waals surface area contributed by atoms with E-state index < -0.39 is 40.8 Å². The molecule has 0 unspecified atom stereocenters. The number of hydrogen-bond acceptors (Lipinski definition) is 15. The van der Waals surface area contributed by atoms with Crippen LogP contribution in [0.5, 0.6) is 0 Å². The first-order chi connectivity index (χ1) is 39.3. The maximum Gasteiger partial charge on any atom is 0.246 e. The third kappa shape index (κ3) is 20.6. The fourth-order valence-electron chi connectivity index (χ4n) is 9.86. The topological polar surface area (TPSA) is 229 Å². The summed E-state index contributed by atoms with van der Waals surface area (Å²) >= 11 is 3.19. The molecule has 19 nitrogen and oxygen atoms in total. The van der Waals surface area contributed by atoms with Crippen LogP contribution in [0.2, 0.25) is 0 Å². The highest BCUT2D eigenvalue weighted by Crippen LogP contribution is 2.32. The van der Waals surface area contributed by atoms with Crippen LogP contribution in [0.25, 0.3) is 20.9 Å². The Balaban J connectivity index is 0.732. The van der Waals surface area contributed by atoms with Crippen molar-refractivity contribution in [3.63, 3.8) is 0 Å². The van der Waals surface area contributed by atoms with E-state index in [-0.39, 0.29) is 55.9 Å². The van der Waals surface area contributed by atoms with Crippen LogP contribution in [-0.4, -0.2) is 159 Å². The molecule has 0 radical (unpaired) electrons. The summed E-state index contributed by atoms with van der Waals surface area (Å²) in [6.45, 7) is 20.6. The van der Waals surface area contributed by atoms with Gasteiger partial charge in [-0.3, -0.25) is 28.8 Å². The second kappa shape index (κ2) is 33.0. The third-order valence-corrected chi connectivity index (χ3v) is 16.6. The van der Waals surface area contributed by atoms with Gasteiger partial charge in [0.1, 0.15) is 31.3 Å². The van der Waals surface area contributed by atoms with Gasteiger partial charge in [0, 0.05) is 72.4 Å². The highest BCUT2D eigenvalue weighted by Gasteiger charge is 2.43. The first-order valence-corrected chi connectivity index (χ1v) is 30.7. The molecule has 82 heavy (non-hydrogen) atoms. The average molecular weight is 1170 g/mol. The molecule has 4 aromatic rings. The van der Waals surface area contributed by atoms with Crippen molar-refractivity contribution < 1.29 is 52.5 Å². The van der Waals surface area contributed by atoms with Gasteiger partial charge in [-0.1, -0.05) is 90.1 Å². The van der Waals surface area contributed by atoms with Crippen molar-refractivity contribution in [2.45, 2.75) is 138 Å². The summed E-state index contributed by atoms with van der Waals surface area (Å²) in [4.78, 5) is 94.6. The molecule has 2 aliphatic heterocycles. The van der Waals surface area contributed by atoms with Crippen molar-refractivity contribution in [2.75, 3.05) is 85.7 Å². The number of unbranched alkanes of at least 4 members (excludes halogenated alkanes) is 1. The first kappa shape index (κ1) is 65.5. The van der Waals surface area contributed by atoms with Gasteiger partial charge in [0.05, 0.1) is 51.3 Å². The van der Waals surface area contributed by atoms with Gasteiger partial charge in [0.25, 0.3) is 0 Å². The molecule has 21 heteroatoms. The maximum atomic E-state index is 14.0. The normalized spacial score (nSPS) is 16.2. The molecular formula is C61H88N8O11S2. The van der Waals surface area contributed by atoms with Gasteiger partial charge >= 0.3 is 0 Å². The van der Waals surface area contributed by atoms with Crippen LogP contribution in [0.15, 0.2) is 59.6 Å². The van der Waals surface area contributed by atoms with E-state index in [0.717, 1.165) is 69.1 Å². The maximum absolute atomic E-state index is 14.0. The standard InChI is InChI=1S/C61H88N8O11S2/c1-42-53(81-40-65-42)46-21-17-44(18-22-46)35-63-56(72)49-15-11-25-68(49)58(74)48(60(3,4)5)37-62-51(70)38-80-34-33-78-31-13-29-76-27-9-10-28-77-30-14-32-79-39-52(71)67-55(61(6,7)8)59(75)69-26-12-16-50(69)57(73)64-36-45-19-23-47(24-20-45)54-43(2)66-41-82-54/h17-24,40-41,48-50,55H,9-16,25-39H2,1-8H3,(H,62,70)(H,63,72)(H,64,73)(H,67,71)/t48-,49+,50+,55-/m1/s1.